The number of nitrogens with zero attached hydrogens (tertiary/aromatic N) is 1. The summed E-state index contributed by atoms with van der Waals surface area (Å²) in [5.41, 5.74) is 1.21. The molecule has 3 heteroatoms. The lowest BCUT2D eigenvalue weighted by Crippen LogP contribution is -2.28. The van der Waals surface area contributed by atoms with Crippen LogP contribution in [0.4, 0.5) is 0 Å². The Morgan fingerprint density at radius 1 is 1.44 bits per heavy atom. The van der Waals surface area contributed by atoms with Crippen molar-refractivity contribution in [3.05, 3.63) is 35.9 Å². The highest BCUT2D eigenvalue weighted by molar-refractivity contribution is 9.09. The van der Waals surface area contributed by atoms with Crippen LogP contribution in [0.3, 0.4) is 0 Å². The van der Waals surface area contributed by atoms with Crippen LogP contribution >= 0.6 is 15.9 Å². The normalized spacial score (nSPS) is 22.5. The van der Waals surface area contributed by atoms with Crippen LogP contribution in [-0.4, -0.2) is 22.7 Å². The summed E-state index contributed by atoms with van der Waals surface area (Å²) < 4.78 is 0. The van der Waals surface area contributed by atoms with Crippen molar-refractivity contribution in [2.24, 2.45) is 5.92 Å². The quantitative estimate of drug-likeness (QED) is 0.780. The van der Waals surface area contributed by atoms with Crippen molar-refractivity contribution in [1.82, 2.24) is 4.90 Å². The highest BCUT2D eigenvalue weighted by Gasteiger charge is 2.32. The van der Waals surface area contributed by atoms with E-state index in [0.29, 0.717) is 12.3 Å². The van der Waals surface area contributed by atoms with Crippen molar-refractivity contribution in [3.63, 3.8) is 0 Å². The Morgan fingerprint density at radius 3 is 2.69 bits per heavy atom. The summed E-state index contributed by atoms with van der Waals surface area (Å²) in [5.74, 6) is 0.750. The Labute approximate surface area is 105 Å². The highest BCUT2D eigenvalue weighted by Crippen LogP contribution is 2.28. The third-order valence-corrected chi connectivity index (χ3v) is 4.12. The number of likely N-dealkylation sites (tertiary alicyclic amines) is 1. The number of carbonyl (C=O) groups is 1. The Kier molecular flexibility index (Phi) is 3.64. The molecule has 0 N–H and O–H groups in total. The fraction of sp³-hybridized carbons (Fsp3) is 0.462. The lowest BCUT2D eigenvalue weighted by atomic mass is 10.1. The minimum absolute atomic E-state index is 0.192. The van der Waals surface area contributed by atoms with Crippen molar-refractivity contribution in [2.75, 3.05) is 11.9 Å². The van der Waals surface area contributed by atoms with Crippen molar-refractivity contribution < 1.29 is 4.79 Å². The van der Waals surface area contributed by atoms with Gasteiger partial charge in [-0.05, 0) is 18.4 Å². The number of hydrogen-bond acceptors (Lipinski definition) is 1. The number of benzene rings is 1. The molecule has 1 fully saturated rings. The first-order valence-electron chi connectivity index (χ1n) is 5.62. The number of hydrogen-bond donors (Lipinski definition) is 0. The number of amides is 1. The molecule has 0 radical (unpaired) electrons. The molecule has 0 saturated carbocycles. The maximum atomic E-state index is 11.9. The molecule has 1 amide bonds. The molecule has 1 heterocycles. The van der Waals surface area contributed by atoms with Gasteiger partial charge in [0.2, 0.25) is 5.91 Å². The molecule has 2 atom stereocenters. The van der Waals surface area contributed by atoms with E-state index in [1.165, 1.54) is 5.56 Å². The SMILES string of the molecule is C[C@@H](c1ccccc1)N1CC(CBr)CC1=O. The van der Waals surface area contributed by atoms with Gasteiger partial charge in [-0.3, -0.25) is 4.79 Å². The fourth-order valence-corrected chi connectivity index (χ4v) is 2.63. The van der Waals surface area contributed by atoms with Crippen LogP contribution in [0.5, 0.6) is 0 Å². The van der Waals surface area contributed by atoms with Crippen LogP contribution in [0.1, 0.15) is 24.9 Å². The summed E-state index contributed by atoms with van der Waals surface area (Å²) in [6, 6.07) is 10.4. The van der Waals surface area contributed by atoms with E-state index in [-0.39, 0.29) is 11.9 Å². The van der Waals surface area contributed by atoms with Crippen LogP contribution in [0.15, 0.2) is 30.3 Å². The molecule has 1 aromatic carbocycles. The molecule has 2 rings (SSSR count). The first kappa shape index (κ1) is 11.6. The second-order valence-corrected chi connectivity index (χ2v) is 5.00. The van der Waals surface area contributed by atoms with Crippen LogP contribution < -0.4 is 0 Å². The van der Waals surface area contributed by atoms with Crippen molar-refractivity contribution in [1.29, 1.82) is 0 Å². The summed E-state index contributed by atoms with van der Waals surface area (Å²) in [4.78, 5) is 13.9. The van der Waals surface area contributed by atoms with Crippen molar-refractivity contribution in [2.45, 2.75) is 19.4 Å². The first-order valence-corrected chi connectivity index (χ1v) is 6.75. The third kappa shape index (κ3) is 2.29. The van der Waals surface area contributed by atoms with E-state index in [0.717, 1.165) is 11.9 Å². The number of rotatable bonds is 3. The summed E-state index contributed by atoms with van der Waals surface area (Å²) in [7, 11) is 0. The molecule has 16 heavy (non-hydrogen) atoms. The zero-order valence-electron chi connectivity index (χ0n) is 9.40. The molecule has 2 nitrogen and oxygen atoms in total. The van der Waals surface area contributed by atoms with Gasteiger partial charge < -0.3 is 4.90 Å². The van der Waals surface area contributed by atoms with E-state index < -0.39 is 0 Å². The van der Waals surface area contributed by atoms with Crippen LogP contribution in [0.2, 0.25) is 0 Å². The van der Waals surface area contributed by atoms with E-state index in [9.17, 15) is 4.79 Å². The summed E-state index contributed by atoms with van der Waals surface area (Å²) in [6.45, 7) is 2.98. The summed E-state index contributed by atoms with van der Waals surface area (Å²) in [5, 5.41) is 0.913. The molecule has 1 aliphatic rings. The summed E-state index contributed by atoms with van der Waals surface area (Å²) in [6.07, 6.45) is 0.683. The topological polar surface area (TPSA) is 20.3 Å². The molecule has 1 aliphatic heterocycles. The lowest BCUT2D eigenvalue weighted by molar-refractivity contribution is -0.129. The maximum Gasteiger partial charge on any atom is 0.223 e. The van der Waals surface area contributed by atoms with Gasteiger partial charge in [0.05, 0.1) is 6.04 Å². The molecule has 0 bridgehead atoms. The molecular formula is C13H16BrNO. The van der Waals surface area contributed by atoms with Crippen LogP contribution in [0, 0.1) is 5.92 Å². The van der Waals surface area contributed by atoms with Crippen molar-refractivity contribution in [3.8, 4) is 0 Å². The molecule has 0 aliphatic carbocycles. The second-order valence-electron chi connectivity index (χ2n) is 4.36. The van der Waals surface area contributed by atoms with Gasteiger partial charge in [-0.2, -0.15) is 0 Å². The highest BCUT2D eigenvalue weighted by atomic mass is 79.9. The maximum absolute atomic E-state index is 11.9. The van der Waals surface area contributed by atoms with Gasteiger partial charge in [-0.1, -0.05) is 46.3 Å². The van der Waals surface area contributed by atoms with Gasteiger partial charge in [0.25, 0.3) is 0 Å². The minimum atomic E-state index is 0.192. The number of carbonyl (C=O) groups excluding carboxylic acids is 1. The average molecular weight is 282 g/mol. The molecule has 1 saturated heterocycles. The van der Waals surface area contributed by atoms with Crippen molar-refractivity contribution >= 4 is 21.8 Å². The zero-order chi connectivity index (χ0) is 11.5. The Morgan fingerprint density at radius 2 is 2.12 bits per heavy atom. The van der Waals surface area contributed by atoms with Gasteiger partial charge in [-0.25, -0.2) is 0 Å². The Bertz CT molecular complexity index is 365. The van der Waals surface area contributed by atoms with Crippen LogP contribution in [0.25, 0.3) is 0 Å². The minimum Gasteiger partial charge on any atom is -0.336 e. The van der Waals surface area contributed by atoms with Gasteiger partial charge in [0.1, 0.15) is 0 Å². The van der Waals surface area contributed by atoms with E-state index in [2.05, 4.69) is 35.0 Å². The molecular weight excluding hydrogens is 266 g/mol. The molecule has 1 unspecified atom stereocenters. The predicted molar refractivity (Wildman–Crippen MR) is 68.5 cm³/mol. The molecule has 1 aromatic rings. The standard InChI is InChI=1S/C13H16BrNO/c1-10(12-5-3-2-4-6-12)15-9-11(8-14)7-13(15)16/h2-6,10-11H,7-9H2,1H3/t10-,11?/m0/s1. The average Bonchev–Trinajstić information content (AvgIpc) is 2.71. The van der Waals surface area contributed by atoms with E-state index in [4.69, 9.17) is 0 Å². The van der Waals surface area contributed by atoms with Crippen LogP contribution in [-0.2, 0) is 4.79 Å². The molecule has 0 aromatic heterocycles. The molecule has 0 spiro atoms. The van der Waals surface area contributed by atoms with E-state index in [1.54, 1.807) is 0 Å². The Balaban J connectivity index is 2.11. The largest absolute Gasteiger partial charge is 0.336 e. The smallest absolute Gasteiger partial charge is 0.223 e. The van der Waals surface area contributed by atoms with Gasteiger partial charge in [-0.15, -0.1) is 0 Å². The third-order valence-electron chi connectivity index (χ3n) is 3.21. The molecule has 86 valence electrons. The lowest BCUT2D eigenvalue weighted by Gasteiger charge is -2.25. The second kappa shape index (κ2) is 5.00. The number of alkyl halides is 1. The Hall–Kier alpha value is -0.830. The van der Waals surface area contributed by atoms with E-state index >= 15 is 0 Å². The van der Waals surface area contributed by atoms with E-state index in [1.807, 2.05) is 23.1 Å². The summed E-state index contributed by atoms with van der Waals surface area (Å²) >= 11 is 3.46. The fourth-order valence-electron chi connectivity index (χ4n) is 2.20. The van der Waals surface area contributed by atoms with Gasteiger partial charge >= 0.3 is 0 Å². The predicted octanol–water partition coefficient (Wildman–Crippen LogP) is 2.99. The first-order chi connectivity index (χ1) is 7.72. The zero-order valence-corrected chi connectivity index (χ0v) is 11.0. The van der Waals surface area contributed by atoms with Gasteiger partial charge in [0.15, 0.2) is 0 Å². The number of halogens is 1. The van der Waals surface area contributed by atoms with Gasteiger partial charge in [0, 0.05) is 18.3 Å². The monoisotopic (exact) mass is 281 g/mol.